The molecule has 3 aromatic rings. The Morgan fingerprint density at radius 3 is 2.84 bits per heavy atom. The van der Waals surface area contributed by atoms with Crippen LogP contribution >= 0.6 is 0 Å². The highest BCUT2D eigenvalue weighted by Crippen LogP contribution is 2.23. The van der Waals surface area contributed by atoms with Crippen molar-refractivity contribution in [3.8, 4) is 0 Å². The van der Waals surface area contributed by atoms with Gasteiger partial charge in [0.05, 0.1) is 11.7 Å². The van der Waals surface area contributed by atoms with Crippen LogP contribution in [0.2, 0.25) is 0 Å². The van der Waals surface area contributed by atoms with Crippen molar-refractivity contribution in [2.75, 3.05) is 0 Å². The maximum atomic E-state index is 6.19. The molecule has 19 heavy (non-hydrogen) atoms. The number of hydrogen-bond acceptors (Lipinski definition) is 3. The monoisotopic (exact) mass is 255 g/mol. The Hall–Kier alpha value is -2.07. The topological polar surface area (TPSA) is 67.8 Å². The molecule has 0 bridgehead atoms. The fraction of sp³-hybridized carbons (Fsp3) is 0.267. The molecule has 0 aliphatic carbocycles. The van der Waals surface area contributed by atoms with E-state index in [1.54, 1.807) is 0 Å². The van der Waals surface area contributed by atoms with E-state index in [4.69, 9.17) is 10.2 Å². The first kappa shape index (κ1) is 12.0. The smallest absolute Gasteiger partial charge is 0.211 e. The Bertz CT molecular complexity index is 692. The van der Waals surface area contributed by atoms with E-state index < -0.39 is 0 Å². The van der Waals surface area contributed by atoms with E-state index in [2.05, 4.69) is 22.1 Å². The fourth-order valence-corrected chi connectivity index (χ4v) is 2.28. The van der Waals surface area contributed by atoms with Gasteiger partial charge in [0.2, 0.25) is 5.89 Å². The van der Waals surface area contributed by atoms with E-state index in [1.165, 1.54) is 10.9 Å². The minimum Gasteiger partial charge on any atom is -0.444 e. The summed E-state index contributed by atoms with van der Waals surface area (Å²) in [6, 6.07) is 7.99. The summed E-state index contributed by atoms with van der Waals surface area (Å²) >= 11 is 0. The fourth-order valence-electron chi connectivity index (χ4n) is 2.28. The lowest BCUT2D eigenvalue weighted by Gasteiger charge is -2.06. The summed E-state index contributed by atoms with van der Waals surface area (Å²) < 4.78 is 5.59. The Labute approximate surface area is 111 Å². The average molecular weight is 255 g/mol. The van der Waals surface area contributed by atoms with Gasteiger partial charge in [0.15, 0.2) is 0 Å². The highest BCUT2D eigenvalue weighted by molar-refractivity contribution is 5.83. The first-order chi connectivity index (χ1) is 9.15. The number of aromatic amines is 1. The van der Waals surface area contributed by atoms with Gasteiger partial charge in [0.25, 0.3) is 0 Å². The lowest BCUT2D eigenvalue weighted by molar-refractivity contribution is 0.431. The SMILES string of the molecule is Cc1nc([C@H](N)Cc2c[nH]c3ccccc23)oc1C. The number of aryl methyl sites for hydroxylation is 2. The molecule has 0 aliphatic rings. The van der Waals surface area contributed by atoms with Gasteiger partial charge in [0, 0.05) is 17.1 Å². The largest absolute Gasteiger partial charge is 0.444 e. The minimum absolute atomic E-state index is 0.216. The molecule has 3 rings (SSSR count). The lowest BCUT2D eigenvalue weighted by atomic mass is 10.1. The molecule has 4 heteroatoms. The number of benzene rings is 1. The van der Waals surface area contributed by atoms with Crippen LogP contribution in [0.4, 0.5) is 0 Å². The minimum atomic E-state index is -0.216. The standard InChI is InChI=1S/C15H17N3O/c1-9-10(2)19-15(18-9)13(16)7-11-8-17-14-6-4-3-5-12(11)14/h3-6,8,13,17H,7,16H2,1-2H3/t13-/m1/s1. The summed E-state index contributed by atoms with van der Waals surface area (Å²) in [6.45, 7) is 3.84. The van der Waals surface area contributed by atoms with Gasteiger partial charge in [-0.1, -0.05) is 18.2 Å². The van der Waals surface area contributed by atoms with Crippen LogP contribution in [0.15, 0.2) is 34.9 Å². The van der Waals surface area contributed by atoms with E-state index in [9.17, 15) is 0 Å². The predicted molar refractivity (Wildman–Crippen MR) is 74.9 cm³/mol. The normalized spacial score (nSPS) is 13.0. The second-order valence-electron chi connectivity index (χ2n) is 4.86. The third-order valence-corrected chi connectivity index (χ3v) is 3.48. The van der Waals surface area contributed by atoms with Crippen LogP contribution < -0.4 is 5.73 Å². The molecule has 98 valence electrons. The predicted octanol–water partition coefficient (Wildman–Crippen LogP) is 3.02. The van der Waals surface area contributed by atoms with Crippen molar-refractivity contribution < 1.29 is 4.42 Å². The van der Waals surface area contributed by atoms with Crippen molar-refractivity contribution in [1.82, 2.24) is 9.97 Å². The maximum Gasteiger partial charge on any atom is 0.211 e. The molecule has 0 saturated carbocycles. The zero-order chi connectivity index (χ0) is 13.4. The van der Waals surface area contributed by atoms with Crippen LogP contribution in [0, 0.1) is 13.8 Å². The van der Waals surface area contributed by atoms with Crippen LogP contribution in [0.1, 0.15) is 29.0 Å². The zero-order valence-electron chi connectivity index (χ0n) is 11.1. The van der Waals surface area contributed by atoms with Gasteiger partial charge in [-0.25, -0.2) is 4.98 Å². The van der Waals surface area contributed by atoms with Gasteiger partial charge >= 0.3 is 0 Å². The molecule has 3 N–H and O–H groups in total. The number of hydrogen-bond donors (Lipinski definition) is 2. The van der Waals surface area contributed by atoms with Crippen LogP contribution in [-0.4, -0.2) is 9.97 Å². The average Bonchev–Trinajstić information content (AvgIpc) is 2.95. The first-order valence-electron chi connectivity index (χ1n) is 6.39. The van der Waals surface area contributed by atoms with Gasteiger partial charge in [-0.15, -0.1) is 0 Å². The molecule has 0 aliphatic heterocycles. The number of para-hydroxylation sites is 1. The van der Waals surface area contributed by atoms with Crippen LogP contribution in [0.25, 0.3) is 10.9 Å². The van der Waals surface area contributed by atoms with Crippen LogP contribution in [0.3, 0.4) is 0 Å². The number of H-pyrrole nitrogens is 1. The van der Waals surface area contributed by atoms with E-state index in [-0.39, 0.29) is 6.04 Å². The van der Waals surface area contributed by atoms with Gasteiger partial charge in [-0.05, 0) is 31.9 Å². The quantitative estimate of drug-likeness (QED) is 0.756. The molecule has 4 nitrogen and oxygen atoms in total. The van der Waals surface area contributed by atoms with Crippen LogP contribution in [0.5, 0.6) is 0 Å². The zero-order valence-corrected chi connectivity index (χ0v) is 11.1. The number of fused-ring (bicyclic) bond motifs is 1. The number of aromatic nitrogens is 2. The van der Waals surface area contributed by atoms with E-state index >= 15 is 0 Å². The van der Waals surface area contributed by atoms with Crippen molar-refractivity contribution in [2.45, 2.75) is 26.3 Å². The number of nitrogens with zero attached hydrogens (tertiary/aromatic N) is 1. The second kappa shape index (κ2) is 4.55. The first-order valence-corrected chi connectivity index (χ1v) is 6.39. The maximum absolute atomic E-state index is 6.19. The van der Waals surface area contributed by atoms with E-state index in [0.717, 1.165) is 17.0 Å². The highest BCUT2D eigenvalue weighted by Gasteiger charge is 2.16. The van der Waals surface area contributed by atoms with Gasteiger partial charge in [0.1, 0.15) is 5.76 Å². The summed E-state index contributed by atoms with van der Waals surface area (Å²) in [4.78, 5) is 7.62. The van der Waals surface area contributed by atoms with Gasteiger partial charge < -0.3 is 15.1 Å². The third kappa shape index (κ3) is 2.15. The Morgan fingerprint density at radius 2 is 2.11 bits per heavy atom. The molecule has 1 aromatic carbocycles. The summed E-state index contributed by atoms with van der Waals surface area (Å²) in [5.41, 5.74) is 9.42. The van der Waals surface area contributed by atoms with Crippen molar-refractivity contribution >= 4 is 10.9 Å². The molecule has 0 saturated heterocycles. The van der Waals surface area contributed by atoms with Crippen LogP contribution in [-0.2, 0) is 6.42 Å². The van der Waals surface area contributed by atoms with Gasteiger partial charge in [-0.3, -0.25) is 0 Å². The van der Waals surface area contributed by atoms with Crippen molar-refractivity contribution in [2.24, 2.45) is 5.73 Å². The molecule has 0 spiro atoms. The summed E-state index contributed by atoms with van der Waals surface area (Å²) in [6.07, 6.45) is 2.72. The molecule has 0 unspecified atom stereocenters. The molecule has 0 amide bonds. The van der Waals surface area contributed by atoms with E-state index in [0.29, 0.717) is 12.3 Å². The number of nitrogens with two attached hydrogens (primary N) is 1. The number of rotatable bonds is 3. The van der Waals surface area contributed by atoms with Crippen molar-refractivity contribution in [3.63, 3.8) is 0 Å². The summed E-state index contributed by atoms with van der Waals surface area (Å²) in [7, 11) is 0. The van der Waals surface area contributed by atoms with Crippen molar-refractivity contribution in [1.29, 1.82) is 0 Å². The Morgan fingerprint density at radius 1 is 1.32 bits per heavy atom. The third-order valence-electron chi connectivity index (χ3n) is 3.48. The molecule has 0 radical (unpaired) electrons. The second-order valence-corrected chi connectivity index (χ2v) is 4.86. The molecule has 0 fully saturated rings. The number of nitrogens with one attached hydrogen (secondary N) is 1. The van der Waals surface area contributed by atoms with Crippen molar-refractivity contribution in [3.05, 3.63) is 53.4 Å². The van der Waals surface area contributed by atoms with E-state index in [1.807, 2.05) is 32.2 Å². The molecule has 1 atom stereocenters. The Balaban J connectivity index is 1.88. The summed E-state index contributed by atoms with van der Waals surface area (Å²) in [5.74, 6) is 1.45. The van der Waals surface area contributed by atoms with Gasteiger partial charge in [-0.2, -0.15) is 0 Å². The molecular weight excluding hydrogens is 238 g/mol. The Kier molecular flexibility index (Phi) is 2.87. The molecule has 2 heterocycles. The number of oxazole rings is 1. The highest BCUT2D eigenvalue weighted by atomic mass is 16.4. The summed E-state index contributed by atoms with van der Waals surface area (Å²) in [5, 5.41) is 1.21. The molecular formula is C15H17N3O. The molecule has 2 aromatic heterocycles. The lowest BCUT2D eigenvalue weighted by Crippen LogP contribution is -2.13.